The first-order valence-corrected chi connectivity index (χ1v) is 19.8. The lowest BCUT2D eigenvalue weighted by molar-refractivity contribution is -0.135. The molecule has 4 atom stereocenters. The number of ether oxygens (including phenoxy) is 1. The number of carbonyl (C=O) groups excluding carboxylic acids is 4. The number of halogens is 2. The number of piperazine rings is 1. The van der Waals surface area contributed by atoms with Crippen molar-refractivity contribution >= 4 is 35.3 Å². The predicted molar refractivity (Wildman–Crippen MR) is 215 cm³/mol. The number of H-pyrrole nitrogens is 1. The van der Waals surface area contributed by atoms with Gasteiger partial charge in [-0.15, -0.1) is 0 Å². The number of aromatic nitrogens is 3. The van der Waals surface area contributed by atoms with Crippen LogP contribution in [0.4, 0.5) is 25.1 Å². The normalized spacial score (nSPS) is 20.5. The fourth-order valence-corrected chi connectivity index (χ4v) is 8.06. The van der Waals surface area contributed by atoms with Crippen molar-refractivity contribution in [2.45, 2.75) is 72.0 Å². The maximum atomic E-state index is 15.6. The molecular formula is C43H50F2N8O5. The summed E-state index contributed by atoms with van der Waals surface area (Å²) in [6.45, 7) is 12.4. The second-order valence-corrected chi connectivity index (χ2v) is 16.5. The Morgan fingerprint density at radius 2 is 1.67 bits per heavy atom. The van der Waals surface area contributed by atoms with Crippen molar-refractivity contribution in [1.82, 2.24) is 30.1 Å². The molecule has 7 rings (SSSR count). The van der Waals surface area contributed by atoms with E-state index in [-0.39, 0.29) is 63.5 Å². The largest absolute Gasteiger partial charge is 0.453 e. The average Bonchev–Trinajstić information content (AvgIpc) is 3.55. The molecule has 3 aliphatic rings. The number of anilines is 2. The van der Waals surface area contributed by atoms with E-state index in [1.165, 1.54) is 37.6 Å². The van der Waals surface area contributed by atoms with Crippen LogP contribution in [-0.2, 0) is 14.3 Å². The highest BCUT2D eigenvalue weighted by atomic mass is 19.1. The first-order valence-electron chi connectivity index (χ1n) is 19.8. The van der Waals surface area contributed by atoms with Crippen LogP contribution in [0.5, 0.6) is 0 Å². The summed E-state index contributed by atoms with van der Waals surface area (Å²) in [5.41, 5.74) is 1.64. The molecule has 1 aliphatic carbocycles. The van der Waals surface area contributed by atoms with Gasteiger partial charge in [-0.2, -0.15) is 0 Å². The molecule has 306 valence electrons. The number of rotatable bonds is 10. The molecule has 3 fully saturated rings. The number of pyridine rings is 1. The molecule has 2 aliphatic heterocycles. The van der Waals surface area contributed by atoms with Gasteiger partial charge < -0.3 is 35.1 Å². The molecule has 4 aromatic rings. The number of nitrogens with zero attached hydrogens (tertiary/aromatic N) is 5. The van der Waals surface area contributed by atoms with Gasteiger partial charge in [0, 0.05) is 66.7 Å². The monoisotopic (exact) mass is 796 g/mol. The smallest absolute Gasteiger partial charge is 0.407 e. The first-order chi connectivity index (χ1) is 27.6. The van der Waals surface area contributed by atoms with Crippen molar-refractivity contribution in [2.75, 3.05) is 43.5 Å². The number of aromatic amines is 1. The van der Waals surface area contributed by atoms with Gasteiger partial charge in [-0.3, -0.25) is 14.4 Å². The molecule has 0 radical (unpaired) electrons. The first kappa shape index (κ1) is 40.3. The molecule has 2 saturated heterocycles. The van der Waals surface area contributed by atoms with Crippen LogP contribution in [-0.4, -0.2) is 93.9 Å². The summed E-state index contributed by atoms with van der Waals surface area (Å²) in [5.74, 6) is -0.691. The minimum atomic E-state index is -0.772. The molecule has 13 nitrogen and oxygen atoms in total. The lowest BCUT2D eigenvalue weighted by Gasteiger charge is -2.40. The number of alkyl carbamates (subject to hydrolysis) is 1. The second kappa shape index (κ2) is 16.2. The summed E-state index contributed by atoms with van der Waals surface area (Å²) in [4.78, 5) is 69.5. The number of hydrogen-bond donors (Lipinski definition) is 3. The van der Waals surface area contributed by atoms with Gasteiger partial charge in [0.05, 0.1) is 30.6 Å². The number of hydrogen-bond acceptors (Lipinski definition) is 8. The third kappa shape index (κ3) is 8.25. The summed E-state index contributed by atoms with van der Waals surface area (Å²) >= 11 is 0. The molecular weight excluding hydrogens is 747 g/mol. The lowest BCUT2D eigenvalue weighted by atomic mass is 10.0. The number of benzene rings is 2. The van der Waals surface area contributed by atoms with Crippen LogP contribution in [0.1, 0.15) is 76.1 Å². The summed E-state index contributed by atoms with van der Waals surface area (Å²) in [6.07, 6.45) is 4.70. The summed E-state index contributed by atoms with van der Waals surface area (Å²) in [5, 5.41) is 5.33. The van der Waals surface area contributed by atoms with Gasteiger partial charge in [0.1, 0.15) is 29.3 Å². The maximum Gasteiger partial charge on any atom is 0.407 e. The van der Waals surface area contributed by atoms with Crippen LogP contribution >= 0.6 is 0 Å². The Hall–Kier alpha value is -5.86. The Labute approximate surface area is 336 Å². The van der Waals surface area contributed by atoms with Crippen LogP contribution in [0.25, 0.3) is 22.4 Å². The van der Waals surface area contributed by atoms with Crippen molar-refractivity contribution in [3.8, 4) is 22.4 Å². The fraction of sp³-hybridized carbons (Fsp3) is 0.442. The van der Waals surface area contributed by atoms with E-state index in [0.29, 0.717) is 55.5 Å². The van der Waals surface area contributed by atoms with E-state index in [4.69, 9.17) is 4.74 Å². The van der Waals surface area contributed by atoms with E-state index in [9.17, 15) is 19.2 Å². The predicted octanol–water partition coefficient (Wildman–Crippen LogP) is 6.80. The zero-order chi connectivity index (χ0) is 41.5. The number of nitrogens with one attached hydrogen (secondary N) is 3. The van der Waals surface area contributed by atoms with Gasteiger partial charge in [0.15, 0.2) is 0 Å². The second-order valence-electron chi connectivity index (χ2n) is 16.5. The Kier molecular flexibility index (Phi) is 11.3. The number of methoxy groups -OCH3 is 1. The standard InChI is InChI=1S/C43H50F2N8O5/c1-24(2)37(50-42(57)58-6)41(56)53-15-7-8-35(53)38-47-22-34(49-38)26-9-12-29(32(44)18-26)30-13-11-28(19-33(30)45)48-39(54)27-10-14-36(46-21-27)52-17-16-51(23-25(52)3)40(55)31-20-43(31,4)5/h9-14,18-19,21-22,24-25,31,35,37H,7-8,15-17,20,23H2,1-6H3,(H,47,49)(H,48,54)(H,50,57)/t25-,31-,35+,37+/m1/s1. The molecule has 0 spiro atoms. The van der Waals surface area contributed by atoms with Gasteiger partial charge in [-0.05, 0) is 73.9 Å². The van der Waals surface area contributed by atoms with E-state index in [1.54, 1.807) is 29.3 Å². The molecule has 4 amide bonds. The van der Waals surface area contributed by atoms with Gasteiger partial charge in [0.2, 0.25) is 11.8 Å². The Bertz CT molecular complexity index is 2210. The molecule has 0 bridgehead atoms. The van der Waals surface area contributed by atoms with Gasteiger partial charge >= 0.3 is 6.09 Å². The average molecular weight is 797 g/mol. The van der Waals surface area contributed by atoms with E-state index >= 15 is 8.78 Å². The minimum Gasteiger partial charge on any atom is -0.453 e. The third-order valence-corrected chi connectivity index (χ3v) is 11.7. The topological polar surface area (TPSA) is 153 Å². The SMILES string of the molecule is COC(=O)N[C@H](C(=O)N1CCC[C@H]1c1ncc(-c2ccc(-c3ccc(NC(=O)c4ccc(N5CCN(C(=O)[C@H]6CC6(C)C)C[C@H]5C)nc4)cc3F)c(F)c2)[nH]1)C(C)C. The third-order valence-electron chi connectivity index (χ3n) is 11.7. The quantitative estimate of drug-likeness (QED) is 0.159. The Morgan fingerprint density at radius 3 is 2.29 bits per heavy atom. The van der Waals surface area contributed by atoms with Gasteiger partial charge in [0.25, 0.3) is 5.91 Å². The summed E-state index contributed by atoms with van der Waals surface area (Å²) in [7, 11) is 1.25. The van der Waals surface area contributed by atoms with E-state index in [1.807, 2.05) is 18.7 Å². The highest BCUT2D eigenvalue weighted by Gasteiger charge is 2.52. The van der Waals surface area contributed by atoms with Crippen LogP contribution in [0, 0.1) is 28.9 Å². The van der Waals surface area contributed by atoms with E-state index in [0.717, 1.165) is 18.9 Å². The zero-order valence-electron chi connectivity index (χ0n) is 33.6. The van der Waals surface area contributed by atoms with Gasteiger partial charge in [-0.25, -0.2) is 23.5 Å². The van der Waals surface area contributed by atoms with Crippen molar-refractivity contribution in [3.63, 3.8) is 0 Å². The zero-order valence-corrected chi connectivity index (χ0v) is 33.6. The van der Waals surface area contributed by atoms with Crippen LogP contribution in [0.15, 0.2) is 60.9 Å². The number of imidazole rings is 1. The van der Waals surface area contributed by atoms with Crippen LogP contribution < -0.4 is 15.5 Å². The molecule has 15 heteroatoms. The fourth-order valence-electron chi connectivity index (χ4n) is 8.06. The Morgan fingerprint density at radius 1 is 0.948 bits per heavy atom. The number of amides is 4. The van der Waals surface area contributed by atoms with Crippen LogP contribution in [0.2, 0.25) is 0 Å². The molecule has 2 aromatic carbocycles. The minimum absolute atomic E-state index is 0.0236. The van der Waals surface area contributed by atoms with Crippen molar-refractivity contribution in [1.29, 1.82) is 0 Å². The highest BCUT2D eigenvalue weighted by Crippen LogP contribution is 2.52. The molecule has 4 heterocycles. The highest BCUT2D eigenvalue weighted by molar-refractivity contribution is 6.04. The van der Waals surface area contributed by atoms with E-state index in [2.05, 4.69) is 51.3 Å². The molecule has 58 heavy (non-hydrogen) atoms. The molecule has 2 aromatic heterocycles. The van der Waals surface area contributed by atoms with Crippen LogP contribution in [0.3, 0.4) is 0 Å². The maximum absolute atomic E-state index is 15.6. The van der Waals surface area contributed by atoms with E-state index < -0.39 is 29.7 Å². The molecule has 0 unspecified atom stereocenters. The molecule has 3 N–H and O–H groups in total. The number of likely N-dealkylation sites (tertiary alicyclic amines) is 1. The molecule has 1 saturated carbocycles. The summed E-state index contributed by atoms with van der Waals surface area (Å²) < 4.78 is 35.8. The lowest BCUT2D eigenvalue weighted by Crippen LogP contribution is -2.54. The summed E-state index contributed by atoms with van der Waals surface area (Å²) in [6, 6.07) is 10.9. The number of carbonyl (C=O) groups is 4. The van der Waals surface area contributed by atoms with Crippen molar-refractivity contribution in [3.05, 3.63) is 83.9 Å². The Balaban J connectivity index is 0.971. The van der Waals surface area contributed by atoms with Gasteiger partial charge in [-0.1, -0.05) is 39.8 Å². The van der Waals surface area contributed by atoms with Crippen molar-refractivity contribution < 1.29 is 32.7 Å². The van der Waals surface area contributed by atoms with Crippen molar-refractivity contribution in [2.24, 2.45) is 17.3 Å².